The molecule has 0 amide bonds. The second kappa shape index (κ2) is 5.81. The summed E-state index contributed by atoms with van der Waals surface area (Å²) in [5.74, 6) is 0. The van der Waals surface area contributed by atoms with Crippen LogP contribution < -0.4 is 0 Å². The van der Waals surface area contributed by atoms with Crippen LogP contribution in [0.3, 0.4) is 0 Å². The van der Waals surface area contributed by atoms with E-state index >= 15 is 0 Å². The molecule has 20 heavy (non-hydrogen) atoms. The third kappa shape index (κ3) is 2.65. The van der Waals surface area contributed by atoms with Crippen molar-refractivity contribution in [2.45, 2.75) is 19.4 Å². The molecule has 1 N–H and O–H groups in total. The molecule has 2 aromatic carbocycles. The van der Waals surface area contributed by atoms with Crippen LogP contribution in [0.1, 0.15) is 12.0 Å². The molecule has 0 fully saturated rings. The van der Waals surface area contributed by atoms with E-state index in [1.54, 1.807) is 0 Å². The van der Waals surface area contributed by atoms with Gasteiger partial charge in [0.1, 0.15) is 0 Å². The van der Waals surface area contributed by atoms with Crippen molar-refractivity contribution < 1.29 is 0 Å². The highest BCUT2D eigenvalue weighted by atomic mass is 35.5. The summed E-state index contributed by atoms with van der Waals surface area (Å²) >= 11 is 11.6. The van der Waals surface area contributed by atoms with Crippen LogP contribution in [0.15, 0.2) is 48.5 Å². The van der Waals surface area contributed by atoms with Gasteiger partial charge in [-0.15, -0.1) is 0 Å². The van der Waals surface area contributed by atoms with Crippen LogP contribution in [0.4, 0.5) is 0 Å². The van der Waals surface area contributed by atoms with Gasteiger partial charge in [-0.25, -0.2) is 0 Å². The normalized spacial score (nSPS) is 11.1. The van der Waals surface area contributed by atoms with Crippen molar-refractivity contribution in [3.05, 3.63) is 63.9 Å². The van der Waals surface area contributed by atoms with Crippen molar-refractivity contribution in [2.24, 2.45) is 0 Å². The van der Waals surface area contributed by atoms with Crippen molar-refractivity contribution in [1.29, 1.82) is 0 Å². The van der Waals surface area contributed by atoms with E-state index in [0.29, 0.717) is 0 Å². The zero-order valence-electron chi connectivity index (χ0n) is 11.0. The number of nitrogens with one attached hydrogen (secondary N) is 1. The maximum Gasteiger partial charge on any atom is 0.178 e. The monoisotopic (exact) mass is 302 g/mol. The molecule has 0 spiro atoms. The number of aromatic nitrogens is 2. The highest BCUT2D eigenvalue weighted by Gasteiger charge is 2.06. The molecule has 0 atom stereocenters. The lowest BCUT2D eigenvalue weighted by molar-refractivity contribution is 0.650. The van der Waals surface area contributed by atoms with E-state index in [4.69, 9.17) is 23.8 Å². The molecule has 4 heteroatoms. The minimum Gasteiger partial charge on any atom is -0.329 e. The molecule has 0 aliphatic heterocycles. The molecule has 0 radical (unpaired) electrons. The first-order valence-corrected chi connectivity index (χ1v) is 7.45. The minimum atomic E-state index is 0.718. The quantitative estimate of drug-likeness (QED) is 0.674. The smallest absolute Gasteiger partial charge is 0.178 e. The highest BCUT2D eigenvalue weighted by Crippen LogP contribution is 2.22. The van der Waals surface area contributed by atoms with Gasteiger partial charge in [-0.3, -0.25) is 0 Å². The molecule has 3 aromatic rings. The Hall–Kier alpha value is -1.58. The van der Waals surface area contributed by atoms with Crippen molar-refractivity contribution in [3.8, 4) is 0 Å². The molecule has 0 saturated carbocycles. The molecule has 1 heterocycles. The predicted octanol–water partition coefficient (Wildman–Crippen LogP) is 4.99. The summed E-state index contributed by atoms with van der Waals surface area (Å²) in [7, 11) is 0. The number of nitrogens with zero attached hydrogens (tertiary/aromatic N) is 1. The fraction of sp³-hybridized carbons (Fsp3) is 0.188. The van der Waals surface area contributed by atoms with E-state index in [1.165, 1.54) is 5.56 Å². The molecule has 0 saturated heterocycles. The number of aryl methyl sites for hydroxylation is 2. The number of benzene rings is 2. The summed E-state index contributed by atoms with van der Waals surface area (Å²) in [5.41, 5.74) is 3.37. The largest absolute Gasteiger partial charge is 0.329 e. The first kappa shape index (κ1) is 13.4. The zero-order valence-corrected chi connectivity index (χ0v) is 12.5. The van der Waals surface area contributed by atoms with Crippen LogP contribution in [0, 0.1) is 4.77 Å². The molecule has 0 aliphatic rings. The van der Waals surface area contributed by atoms with E-state index in [1.807, 2.05) is 18.2 Å². The Kier molecular flexibility index (Phi) is 3.90. The SMILES string of the molecule is S=c1[nH]c2c(Cl)cccc2n1CCCc1ccccc1. The van der Waals surface area contributed by atoms with Crippen LogP contribution in [0.2, 0.25) is 5.02 Å². The van der Waals surface area contributed by atoms with Crippen molar-refractivity contribution in [1.82, 2.24) is 9.55 Å². The number of hydrogen-bond acceptors (Lipinski definition) is 1. The van der Waals surface area contributed by atoms with Crippen molar-refractivity contribution >= 4 is 34.9 Å². The second-order valence-corrected chi connectivity index (χ2v) is 5.60. The number of hydrogen-bond donors (Lipinski definition) is 1. The van der Waals surface area contributed by atoms with E-state index < -0.39 is 0 Å². The van der Waals surface area contributed by atoms with Crippen molar-refractivity contribution in [2.75, 3.05) is 0 Å². The Labute approximate surface area is 128 Å². The lowest BCUT2D eigenvalue weighted by Crippen LogP contribution is -1.99. The third-order valence-corrected chi connectivity index (χ3v) is 4.09. The maximum atomic E-state index is 6.18. The lowest BCUT2D eigenvalue weighted by Gasteiger charge is -2.05. The Balaban J connectivity index is 1.80. The predicted molar refractivity (Wildman–Crippen MR) is 86.9 cm³/mol. The summed E-state index contributed by atoms with van der Waals surface area (Å²) in [6.07, 6.45) is 2.10. The average Bonchev–Trinajstić information content (AvgIpc) is 2.78. The average molecular weight is 303 g/mol. The Morgan fingerprint density at radius 1 is 1.05 bits per heavy atom. The molecular weight excluding hydrogens is 288 g/mol. The number of rotatable bonds is 4. The standard InChI is InChI=1S/C16H15ClN2S/c17-13-9-4-10-14-15(13)18-16(20)19(14)11-5-8-12-6-2-1-3-7-12/h1-4,6-7,9-10H,5,8,11H2,(H,18,20). The second-order valence-electron chi connectivity index (χ2n) is 4.80. The van der Waals surface area contributed by atoms with Gasteiger partial charge in [0, 0.05) is 6.54 Å². The maximum absolute atomic E-state index is 6.18. The zero-order chi connectivity index (χ0) is 13.9. The van der Waals surface area contributed by atoms with Gasteiger partial charge in [-0.05, 0) is 42.8 Å². The van der Waals surface area contributed by atoms with Crippen molar-refractivity contribution in [3.63, 3.8) is 0 Å². The van der Waals surface area contributed by atoms with Gasteiger partial charge in [-0.1, -0.05) is 48.0 Å². The number of halogens is 1. The van der Waals surface area contributed by atoms with Gasteiger partial charge in [-0.2, -0.15) is 0 Å². The van der Waals surface area contributed by atoms with Crippen LogP contribution in [-0.2, 0) is 13.0 Å². The van der Waals surface area contributed by atoms with Crippen LogP contribution in [0.25, 0.3) is 11.0 Å². The van der Waals surface area contributed by atoms with E-state index in [0.717, 1.165) is 40.2 Å². The summed E-state index contributed by atoms with van der Waals surface area (Å²) in [6, 6.07) is 16.4. The van der Waals surface area contributed by atoms with Crippen LogP contribution in [-0.4, -0.2) is 9.55 Å². The molecule has 102 valence electrons. The highest BCUT2D eigenvalue weighted by molar-refractivity contribution is 7.71. The minimum absolute atomic E-state index is 0.718. The van der Waals surface area contributed by atoms with Crippen LogP contribution >= 0.6 is 23.8 Å². The van der Waals surface area contributed by atoms with E-state index in [-0.39, 0.29) is 0 Å². The number of imidazole rings is 1. The number of aromatic amines is 1. The molecular formula is C16H15ClN2S. The molecule has 1 aromatic heterocycles. The van der Waals surface area contributed by atoms with Gasteiger partial charge >= 0.3 is 0 Å². The fourth-order valence-corrected chi connectivity index (χ4v) is 2.96. The van der Waals surface area contributed by atoms with Gasteiger partial charge in [0.2, 0.25) is 0 Å². The first-order valence-electron chi connectivity index (χ1n) is 6.66. The summed E-state index contributed by atoms with van der Waals surface area (Å²) < 4.78 is 2.86. The third-order valence-electron chi connectivity index (χ3n) is 3.45. The Morgan fingerprint density at radius 3 is 2.65 bits per heavy atom. The molecule has 0 unspecified atom stereocenters. The number of para-hydroxylation sites is 1. The Bertz CT molecular complexity index is 774. The molecule has 2 nitrogen and oxygen atoms in total. The first-order chi connectivity index (χ1) is 9.75. The topological polar surface area (TPSA) is 20.7 Å². The summed E-state index contributed by atoms with van der Waals surface area (Å²) in [6.45, 7) is 0.897. The van der Waals surface area contributed by atoms with E-state index in [9.17, 15) is 0 Å². The van der Waals surface area contributed by atoms with Gasteiger partial charge < -0.3 is 9.55 Å². The fourth-order valence-electron chi connectivity index (χ4n) is 2.45. The lowest BCUT2D eigenvalue weighted by atomic mass is 10.1. The summed E-state index contributed by atoms with van der Waals surface area (Å²) in [4.78, 5) is 3.19. The van der Waals surface area contributed by atoms with E-state index in [2.05, 4.69) is 39.9 Å². The molecule has 0 bridgehead atoms. The van der Waals surface area contributed by atoms with Gasteiger partial charge in [0.25, 0.3) is 0 Å². The van der Waals surface area contributed by atoms with Crippen LogP contribution in [0.5, 0.6) is 0 Å². The summed E-state index contributed by atoms with van der Waals surface area (Å²) in [5, 5.41) is 0.718. The Morgan fingerprint density at radius 2 is 1.85 bits per heavy atom. The number of H-pyrrole nitrogens is 1. The number of fused-ring (bicyclic) bond motifs is 1. The van der Waals surface area contributed by atoms with Gasteiger partial charge in [0.05, 0.1) is 16.1 Å². The molecule has 3 rings (SSSR count). The molecule has 0 aliphatic carbocycles. The van der Waals surface area contributed by atoms with Gasteiger partial charge in [0.15, 0.2) is 4.77 Å².